The standard InChI is InChI=1S/C30H35Cl2FN4O4/c1-29(2,3)13-24-30(18-11-20(33)19(32)12-21(18)35-28(30)41)25(16-6-4-7-17(31)10-16)26(36-24)27(40)34-8-5-9-37-14-22(38)23(39)15-37/h4,6-7,10-12,22,24-26,36,38H,5,8-9,13-15H2,1-3H3,(H,34,40)(H,35,41)/t22-,24-,25+,26-,30+/m1/s1. The van der Waals surface area contributed by atoms with E-state index in [0.29, 0.717) is 54.3 Å². The molecule has 0 bridgehead atoms. The van der Waals surface area contributed by atoms with Gasteiger partial charge in [-0.25, -0.2) is 4.39 Å². The molecular weight excluding hydrogens is 570 g/mol. The zero-order valence-electron chi connectivity index (χ0n) is 23.3. The normalized spacial score (nSPS) is 27.9. The number of amides is 2. The number of carbonyl (C=O) groups excluding carboxylic acids is 3. The fourth-order valence-corrected chi connectivity index (χ4v) is 7.03. The second-order valence-electron chi connectivity index (χ2n) is 12.5. The summed E-state index contributed by atoms with van der Waals surface area (Å²) in [6, 6.07) is 8.50. The Kier molecular flexibility index (Phi) is 8.22. The average molecular weight is 606 g/mol. The smallest absolute Gasteiger partial charge is 0.237 e. The van der Waals surface area contributed by atoms with Crippen LogP contribution in [0.5, 0.6) is 0 Å². The monoisotopic (exact) mass is 604 g/mol. The second-order valence-corrected chi connectivity index (χ2v) is 13.3. The molecule has 220 valence electrons. The van der Waals surface area contributed by atoms with Gasteiger partial charge in [0, 0.05) is 42.3 Å². The molecule has 0 unspecified atom stereocenters. The summed E-state index contributed by atoms with van der Waals surface area (Å²) in [5.41, 5.74) is 0.0265. The molecule has 11 heteroatoms. The van der Waals surface area contributed by atoms with Crippen LogP contribution in [0, 0.1) is 11.2 Å². The number of β-amino-alcohol motifs (C(OH)–C–C–N with tert-alkyl or cyclic N) is 1. The maximum Gasteiger partial charge on any atom is 0.237 e. The Morgan fingerprint density at radius 3 is 2.63 bits per heavy atom. The molecule has 2 saturated heterocycles. The number of Topliss-reactive ketones (excluding diaryl/α,β-unsaturated/α-hetero) is 1. The number of aliphatic hydroxyl groups is 1. The molecule has 0 aliphatic carbocycles. The summed E-state index contributed by atoms with van der Waals surface area (Å²) in [5, 5.41) is 19.5. The van der Waals surface area contributed by atoms with Crippen molar-refractivity contribution in [2.24, 2.45) is 5.41 Å². The Morgan fingerprint density at radius 2 is 1.98 bits per heavy atom. The fraction of sp³-hybridized carbons (Fsp3) is 0.500. The first-order valence-corrected chi connectivity index (χ1v) is 14.6. The van der Waals surface area contributed by atoms with Gasteiger partial charge in [-0.05, 0) is 53.6 Å². The molecule has 3 aliphatic rings. The van der Waals surface area contributed by atoms with Gasteiger partial charge in [0.15, 0.2) is 5.78 Å². The van der Waals surface area contributed by atoms with E-state index in [0.717, 1.165) is 0 Å². The van der Waals surface area contributed by atoms with Crippen molar-refractivity contribution in [2.75, 3.05) is 31.5 Å². The van der Waals surface area contributed by atoms with E-state index in [1.807, 2.05) is 11.0 Å². The highest BCUT2D eigenvalue weighted by Gasteiger charge is 2.65. The SMILES string of the molecule is CC(C)(C)C[C@H]1N[C@@H](C(=O)NCCCN2CC(=O)[C@H](O)C2)[C@H](c2cccc(Cl)c2)[C@@]12C(=O)Nc1cc(Cl)c(F)cc12. The van der Waals surface area contributed by atoms with Crippen LogP contribution in [0.4, 0.5) is 10.1 Å². The first-order chi connectivity index (χ1) is 19.3. The number of likely N-dealkylation sites (tertiary alicyclic amines) is 1. The lowest BCUT2D eigenvalue weighted by Crippen LogP contribution is -2.49. The molecular formula is C30H35Cl2FN4O4. The van der Waals surface area contributed by atoms with Gasteiger partial charge in [-0.1, -0.05) is 56.1 Å². The summed E-state index contributed by atoms with van der Waals surface area (Å²) in [6.07, 6.45) is 0.141. The lowest BCUT2D eigenvalue weighted by Gasteiger charge is -2.37. The van der Waals surface area contributed by atoms with Crippen LogP contribution in [-0.2, 0) is 19.8 Å². The molecule has 4 N–H and O–H groups in total. The summed E-state index contributed by atoms with van der Waals surface area (Å²) in [6.45, 7) is 7.54. The predicted molar refractivity (Wildman–Crippen MR) is 156 cm³/mol. The number of halogens is 3. The molecule has 2 fully saturated rings. The first-order valence-electron chi connectivity index (χ1n) is 13.8. The Labute approximate surface area is 249 Å². The largest absolute Gasteiger partial charge is 0.384 e. The number of ketones is 1. The summed E-state index contributed by atoms with van der Waals surface area (Å²) in [4.78, 5) is 41.5. The van der Waals surface area contributed by atoms with Gasteiger partial charge >= 0.3 is 0 Å². The number of benzene rings is 2. The molecule has 5 atom stereocenters. The highest BCUT2D eigenvalue weighted by Crippen LogP contribution is 2.57. The number of fused-ring (bicyclic) bond motifs is 2. The van der Waals surface area contributed by atoms with E-state index in [1.54, 1.807) is 18.2 Å². The number of carbonyl (C=O) groups is 3. The molecule has 2 aromatic carbocycles. The number of rotatable bonds is 7. The van der Waals surface area contributed by atoms with Gasteiger partial charge in [0.2, 0.25) is 11.8 Å². The molecule has 2 amide bonds. The van der Waals surface area contributed by atoms with Gasteiger partial charge in [-0.3, -0.25) is 19.3 Å². The minimum absolute atomic E-state index is 0.0970. The molecule has 3 aliphatic heterocycles. The van der Waals surface area contributed by atoms with E-state index in [9.17, 15) is 19.5 Å². The lowest BCUT2D eigenvalue weighted by molar-refractivity contribution is -0.124. The Bertz CT molecular complexity index is 1380. The van der Waals surface area contributed by atoms with Crippen LogP contribution in [0.15, 0.2) is 36.4 Å². The van der Waals surface area contributed by atoms with E-state index >= 15 is 4.39 Å². The summed E-state index contributed by atoms with van der Waals surface area (Å²) < 4.78 is 15.0. The zero-order valence-corrected chi connectivity index (χ0v) is 24.8. The van der Waals surface area contributed by atoms with Crippen LogP contribution in [0.25, 0.3) is 0 Å². The van der Waals surface area contributed by atoms with Gasteiger partial charge in [-0.15, -0.1) is 0 Å². The van der Waals surface area contributed by atoms with E-state index in [-0.39, 0.29) is 34.6 Å². The van der Waals surface area contributed by atoms with Crippen LogP contribution in [0.1, 0.15) is 50.7 Å². The number of hydrogen-bond acceptors (Lipinski definition) is 6. The maximum atomic E-state index is 15.0. The second kappa shape index (κ2) is 11.3. The van der Waals surface area contributed by atoms with Gasteiger partial charge in [-0.2, -0.15) is 0 Å². The third-order valence-corrected chi connectivity index (χ3v) is 8.85. The zero-order chi connectivity index (χ0) is 29.7. The summed E-state index contributed by atoms with van der Waals surface area (Å²) in [5.74, 6) is -2.16. The number of anilines is 1. The molecule has 3 heterocycles. The molecule has 0 aromatic heterocycles. The summed E-state index contributed by atoms with van der Waals surface area (Å²) >= 11 is 12.5. The van der Waals surface area contributed by atoms with E-state index < -0.39 is 35.3 Å². The highest BCUT2D eigenvalue weighted by molar-refractivity contribution is 6.31. The Hall–Kier alpha value is -2.56. The molecule has 0 radical (unpaired) electrons. The van der Waals surface area contributed by atoms with Crippen LogP contribution in [0.2, 0.25) is 10.0 Å². The predicted octanol–water partition coefficient (Wildman–Crippen LogP) is 3.63. The Balaban J connectivity index is 1.51. The van der Waals surface area contributed by atoms with Crippen molar-refractivity contribution in [3.05, 3.63) is 63.4 Å². The minimum atomic E-state index is -1.31. The highest BCUT2D eigenvalue weighted by atomic mass is 35.5. The van der Waals surface area contributed by atoms with Crippen molar-refractivity contribution in [3.63, 3.8) is 0 Å². The molecule has 0 saturated carbocycles. The first kappa shape index (κ1) is 29.9. The molecule has 41 heavy (non-hydrogen) atoms. The third-order valence-electron chi connectivity index (χ3n) is 8.32. The van der Waals surface area contributed by atoms with Crippen LogP contribution >= 0.6 is 23.2 Å². The molecule has 1 spiro atoms. The van der Waals surface area contributed by atoms with E-state index in [2.05, 4.69) is 36.7 Å². The Morgan fingerprint density at radius 1 is 1.22 bits per heavy atom. The molecule has 8 nitrogen and oxygen atoms in total. The lowest BCUT2D eigenvalue weighted by atomic mass is 9.62. The van der Waals surface area contributed by atoms with Crippen LogP contribution in [-0.4, -0.2) is 72.0 Å². The topological polar surface area (TPSA) is 111 Å². The number of nitrogens with zero attached hydrogens (tertiary/aromatic N) is 1. The maximum absolute atomic E-state index is 15.0. The van der Waals surface area contributed by atoms with Crippen LogP contribution < -0.4 is 16.0 Å². The summed E-state index contributed by atoms with van der Waals surface area (Å²) in [7, 11) is 0. The van der Waals surface area contributed by atoms with E-state index in [1.165, 1.54) is 12.1 Å². The van der Waals surface area contributed by atoms with Gasteiger partial charge in [0.1, 0.15) is 17.3 Å². The molecule has 2 aromatic rings. The van der Waals surface area contributed by atoms with Gasteiger partial charge in [0.25, 0.3) is 0 Å². The minimum Gasteiger partial charge on any atom is -0.384 e. The van der Waals surface area contributed by atoms with Crippen molar-refractivity contribution >= 4 is 46.5 Å². The number of hydrogen-bond donors (Lipinski definition) is 4. The van der Waals surface area contributed by atoms with Crippen molar-refractivity contribution in [1.82, 2.24) is 15.5 Å². The van der Waals surface area contributed by atoms with E-state index in [4.69, 9.17) is 23.2 Å². The third kappa shape index (κ3) is 5.62. The quantitative estimate of drug-likeness (QED) is 0.359. The van der Waals surface area contributed by atoms with Crippen LogP contribution in [0.3, 0.4) is 0 Å². The van der Waals surface area contributed by atoms with Crippen molar-refractivity contribution < 1.29 is 23.9 Å². The molecule has 5 rings (SSSR count). The van der Waals surface area contributed by atoms with Gasteiger partial charge in [0.05, 0.1) is 17.6 Å². The van der Waals surface area contributed by atoms with Crippen molar-refractivity contribution in [2.45, 2.75) is 63.1 Å². The van der Waals surface area contributed by atoms with Crippen molar-refractivity contribution in [3.8, 4) is 0 Å². The van der Waals surface area contributed by atoms with Gasteiger partial charge < -0.3 is 21.1 Å². The number of nitrogens with one attached hydrogen (secondary N) is 3. The fourth-order valence-electron chi connectivity index (χ4n) is 6.67. The van der Waals surface area contributed by atoms with Crippen molar-refractivity contribution in [1.29, 1.82) is 0 Å². The average Bonchev–Trinajstić information content (AvgIpc) is 3.48. The number of aliphatic hydroxyl groups excluding tert-OH is 1.